The highest BCUT2D eigenvalue weighted by atomic mass is 32.2. The van der Waals surface area contributed by atoms with Gasteiger partial charge in [0.15, 0.2) is 10.8 Å². The summed E-state index contributed by atoms with van der Waals surface area (Å²) in [6.45, 7) is 1.86. The molecule has 0 radical (unpaired) electrons. The zero-order chi connectivity index (χ0) is 10.1. The SMILES string of the molecule is CCS(=O)c1c(N)nc2ccccn12. The van der Waals surface area contributed by atoms with Gasteiger partial charge < -0.3 is 5.73 Å². The lowest BCUT2D eigenvalue weighted by atomic mass is 10.5. The van der Waals surface area contributed by atoms with E-state index in [2.05, 4.69) is 4.98 Å². The molecule has 0 aromatic carbocycles. The maximum Gasteiger partial charge on any atom is 0.159 e. The molecule has 5 heteroatoms. The monoisotopic (exact) mass is 209 g/mol. The van der Waals surface area contributed by atoms with Gasteiger partial charge in [0.2, 0.25) is 0 Å². The lowest BCUT2D eigenvalue weighted by Crippen LogP contribution is -2.02. The summed E-state index contributed by atoms with van der Waals surface area (Å²) in [6, 6.07) is 5.58. The van der Waals surface area contributed by atoms with E-state index in [1.807, 2.05) is 31.3 Å². The van der Waals surface area contributed by atoms with Crippen LogP contribution < -0.4 is 5.73 Å². The summed E-state index contributed by atoms with van der Waals surface area (Å²) in [5.41, 5.74) is 6.44. The first-order valence-corrected chi connectivity index (χ1v) is 5.67. The van der Waals surface area contributed by atoms with Gasteiger partial charge in [-0.2, -0.15) is 0 Å². The smallest absolute Gasteiger partial charge is 0.159 e. The molecule has 4 nitrogen and oxygen atoms in total. The Morgan fingerprint density at radius 1 is 1.57 bits per heavy atom. The van der Waals surface area contributed by atoms with Gasteiger partial charge in [-0.1, -0.05) is 13.0 Å². The number of nitrogens with zero attached hydrogens (tertiary/aromatic N) is 2. The molecule has 0 bridgehead atoms. The fourth-order valence-corrected chi connectivity index (χ4v) is 2.28. The Hall–Kier alpha value is -1.36. The van der Waals surface area contributed by atoms with Crippen molar-refractivity contribution in [1.82, 2.24) is 9.38 Å². The minimum Gasteiger partial charge on any atom is -0.381 e. The van der Waals surface area contributed by atoms with Crippen LogP contribution in [-0.4, -0.2) is 19.3 Å². The third-order valence-electron chi connectivity index (χ3n) is 1.99. The van der Waals surface area contributed by atoms with Gasteiger partial charge in [-0.15, -0.1) is 0 Å². The van der Waals surface area contributed by atoms with Gasteiger partial charge in [-0.05, 0) is 12.1 Å². The highest BCUT2D eigenvalue weighted by molar-refractivity contribution is 7.85. The number of hydrogen-bond acceptors (Lipinski definition) is 3. The van der Waals surface area contributed by atoms with Crippen molar-refractivity contribution < 1.29 is 4.21 Å². The predicted octanol–water partition coefficient (Wildman–Crippen LogP) is 1.04. The van der Waals surface area contributed by atoms with Crippen molar-refractivity contribution in [2.24, 2.45) is 0 Å². The van der Waals surface area contributed by atoms with Crippen molar-refractivity contribution in [3.8, 4) is 0 Å². The van der Waals surface area contributed by atoms with Gasteiger partial charge in [0, 0.05) is 11.9 Å². The summed E-state index contributed by atoms with van der Waals surface area (Å²) in [6.07, 6.45) is 1.82. The standard InChI is InChI=1S/C9H11N3OS/c1-2-14(13)9-8(10)11-7-5-3-4-6-12(7)9/h3-6H,2,10H2,1H3. The number of anilines is 1. The van der Waals surface area contributed by atoms with Crippen molar-refractivity contribution in [3.05, 3.63) is 24.4 Å². The van der Waals surface area contributed by atoms with E-state index in [0.29, 0.717) is 16.6 Å². The quantitative estimate of drug-likeness (QED) is 0.804. The van der Waals surface area contributed by atoms with Crippen LogP contribution in [0.4, 0.5) is 5.82 Å². The Balaban J connectivity index is 2.74. The number of rotatable bonds is 2. The number of hydrogen-bond donors (Lipinski definition) is 1. The lowest BCUT2D eigenvalue weighted by Gasteiger charge is -1.99. The second-order valence-electron chi connectivity index (χ2n) is 2.87. The number of imidazole rings is 1. The van der Waals surface area contributed by atoms with E-state index in [1.54, 1.807) is 4.40 Å². The van der Waals surface area contributed by atoms with E-state index in [4.69, 9.17) is 5.73 Å². The van der Waals surface area contributed by atoms with Crippen LogP contribution in [0, 0.1) is 0 Å². The first-order valence-electron chi connectivity index (χ1n) is 4.35. The Morgan fingerprint density at radius 3 is 3.07 bits per heavy atom. The number of pyridine rings is 1. The second-order valence-corrected chi connectivity index (χ2v) is 4.52. The van der Waals surface area contributed by atoms with Gasteiger partial charge in [-0.3, -0.25) is 8.61 Å². The maximum atomic E-state index is 11.7. The Morgan fingerprint density at radius 2 is 2.36 bits per heavy atom. The van der Waals surface area contributed by atoms with Crippen molar-refractivity contribution in [1.29, 1.82) is 0 Å². The summed E-state index contributed by atoms with van der Waals surface area (Å²) >= 11 is 0. The molecule has 0 spiro atoms. The van der Waals surface area contributed by atoms with Gasteiger partial charge >= 0.3 is 0 Å². The molecule has 2 heterocycles. The summed E-state index contributed by atoms with van der Waals surface area (Å²) in [5.74, 6) is 0.906. The van der Waals surface area contributed by atoms with Crippen LogP contribution in [0.1, 0.15) is 6.92 Å². The molecule has 0 aliphatic carbocycles. The molecule has 0 aliphatic rings. The Bertz CT molecular complexity index is 492. The molecule has 2 N–H and O–H groups in total. The van der Waals surface area contributed by atoms with Crippen LogP contribution in [0.5, 0.6) is 0 Å². The molecule has 1 atom stereocenters. The maximum absolute atomic E-state index is 11.7. The average molecular weight is 209 g/mol. The summed E-state index contributed by atoms with van der Waals surface area (Å²) in [7, 11) is -1.07. The number of nitrogen functional groups attached to an aromatic ring is 1. The minimum atomic E-state index is -1.07. The normalized spacial score (nSPS) is 13.2. The molecule has 2 rings (SSSR count). The van der Waals surface area contributed by atoms with Crippen LogP contribution in [-0.2, 0) is 10.8 Å². The third-order valence-corrected chi connectivity index (χ3v) is 3.35. The summed E-state index contributed by atoms with van der Waals surface area (Å²) in [4.78, 5) is 4.13. The highest BCUT2D eigenvalue weighted by Crippen LogP contribution is 2.18. The Labute approximate surface area is 84.2 Å². The summed E-state index contributed by atoms with van der Waals surface area (Å²) < 4.78 is 13.5. The molecule has 74 valence electrons. The molecule has 14 heavy (non-hydrogen) atoms. The lowest BCUT2D eigenvalue weighted by molar-refractivity contribution is 0.680. The molecular formula is C9H11N3OS. The van der Waals surface area contributed by atoms with E-state index in [9.17, 15) is 4.21 Å². The molecule has 2 aromatic rings. The second kappa shape index (κ2) is 3.42. The van der Waals surface area contributed by atoms with Crippen LogP contribution >= 0.6 is 0 Å². The zero-order valence-electron chi connectivity index (χ0n) is 7.80. The average Bonchev–Trinajstić information content (AvgIpc) is 2.53. The molecule has 0 saturated heterocycles. The topological polar surface area (TPSA) is 60.4 Å². The molecule has 0 fully saturated rings. The fraction of sp³-hybridized carbons (Fsp3) is 0.222. The van der Waals surface area contributed by atoms with Crippen LogP contribution in [0.15, 0.2) is 29.4 Å². The first-order chi connectivity index (χ1) is 6.74. The largest absolute Gasteiger partial charge is 0.381 e. The van der Waals surface area contributed by atoms with Gasteiger partial charge in [0.05, 0.1) is 10.8 Å². The van der Waals surface area contributed by atoms with E-state index in [-0.39, 0.29) is 0 Å². The fourth-order valence-electron chi connectivity index (χ4n) is 1.35. The first kappa shape index (κ1) is 9.21. The van der Waals surface area contributed by atoms with E-state index in [1.165, 1.54) is 0 Å². The van der Waals surface area contributed by atoms with Gasteiger partial charge in [0.25, 0.3) is 0 Å². The minimum absolute atomic E-state index is 0.358. The molecular weight excluding hydrogens is 198 g/mol. The predicted molar refractivity (Wildman–Crippen MR) is 56.6 cm³/mol. The van der Waals surface area contributed by atoms with Crippen LogP contribution in [0.2, 0.25) is 0 Å². The number of fused-ring (bicyclic) bond motifs is 1. The van der Waals surface area contributed by atoms with Crippen LogP contribution in [0.3, 0.4) is 0 Å². The summed E-state index contributed by atoms with van der Waals surface area (Å²) in [5, 5.41) is 0.600. The zero-order valence-corrected chi connectivity index (χ0v) is 8.62. The van der Waals surface area contributed by atoms with Crippen LogP contribution in [0.25, 0.3) is 5.65 Å². The molecule has 0 saturated carbocycles. The number of aromatic nitrogens is 2. The molecule has 1 unspecified atom stereocenters. The molecule has 0 amide bonds. The third kappa shape index (κ3) is 1.29. The van der Waals surface area contributed by atoms with Crippen molar-refractivity contribution in [3.63, 3.8) is 0 Å². The van der Waals surface area contributed by atoms with Gasteiger partial charge in [-0.25, -0.2) is 4.98 Å². The van der Waals surface area contributed by atoms with E-state index < -0.39 is 10.8 Å². The highest BCUT2D eigenvalue weighted by Gasteiger charge is 2.13. The van der Waals surface area contributed by atoms with E-state index in [0.717, 1.165) is 5.65 Å². The van der Waals surface area contributed by atoms with E-state index >= 15 is 0 Å². The van der Waals surface area contributed by atoms with Crippen molar-refractivity contribution in [2.45, 2.75) is 11.9 Å². The van der Waals surface area contributed by atoms with Crippen molar-refractivity contribution >= 4 is 22.3 Å². The van der Waals surface area contributed by atoms with Crippen molar-refractivity contribution in [2.75, 3.05) is 11.5 Å². The van der Waals surface area contributed by atoms with Gasteiger partial charge in [0.1, 0.15) is 5.65 Å². The molecule has 2 aromatic heterocycles. The Kier molecular flexibility index (Phi) is 2.25. The molecule has 0 aliphatic heterocycles. The number of nitrogens with two attached hydrogens (primary N) is 1.